The maximum atomic E-state index is 12.9. The van der Waals surface area contributed by atoms with Gasteiger partial charge in [0.2, 0.25) is 0 Å². The van der Waals surface area contributed by atoms with Crippen LogP contribution in [0.25, 0.3) is 84.5 Å². The molecule has 3 aliphatic rings. The second-order valence-corrected chi connectivity index (χ2v) is 43.6. The van der Waals surface area contributed by atoms with Gasteiger partial charge in [0.15, 0.2) is 25.7 Å². The number of nitrogens with one attached hydrogen (secondary N) is 1. The molecule has 16 aromatic rings. The summed E-state index contributed by atoms with van der Waals surface area (Å²) in [6.45, 7) is 31.6. The highest BCUT2D eigenvalue weighted by Crippen LogP contribution is 2.45. The number of rotatable bonds is 16. The third-order valence-electron chi connectivity index (χ3n) is 24.0. The number of nitrogens with zero attached hydrogens (tertiary/aromatic N) is 9. The van der Waals surface area contributed by atoms with E-state index in [1.54, 1.807) is 70.4 Å². The number of pyridine rings is 4. The van der Waals surface area contributed by atoms with Crippen molar-refractivity contribution in [2.24, 2.45) is 5.73 Å². The van der Waals surface area contributed by atoms with E-state index in [9.17, 15) is 45.5 Å². The second kappa shape index (κ2) is 47.5. The number of benzene rings is 7. The number of hydrogen-bond acceptors (Lipinski definition) is 38. The van der Waals surface area contributed by atoms with Crippen LogP contribution in [0.2, 0.25) is 0 Å². The standard InChI is InChI=1S/C22H18F3N5O2S.C15H14N4O2S.C13H17BN2O2S.C13H10N4O2S.C12H24B2O4.C9H10F3NO.C8H9BrN2O2.C7H5BrN2S/c1-11(14-4-2-3-5-17(14)32-22(23,24)25)29-20(31)15-8-13(10-28-19(15)26)12-6-7-16-18(9-12)33-21(27)30-16;1-2-21-14(20)10-5-9(7-18-13(10)16)8-3-4-11-12(6-8)22-15(17)19-11;1-12(2)13(3,4)18-14(17-12)8-5-6-9-10(7-8)19-11(15)16-9;14-11-8(12(18)19)3-7(5-16-11)6-1-2-9-10(4-6)20-13(15)17-9;1-9(2)10(3,4)16-13(15-9)14-17-11(5,6)12(7,8)18-14;1-6(13)7-4-2-3-5-8(7)14-9(10,11)12;1-2-13-8(12)6-3-5(9)4-11-7(6)10;8-4-1-2-5-6(3-4)11-7(9)10-5/h2-11H,1H3,(H2,26,28)(H2,27,30)(H,29,31);3-7H,2H2,1H3,(H2,16,18)(H2,17,19);5-7H,1-4H3,(H2,15,16);1-5H,(H2,14,16)(H2,15,17)(H,18,19);1-8H3;2-6H,13H2,1H3;3-4H,2H2,1H3,(H2,10,11);1-3H,(H2,9,10). The summed E-state index contributed by atoms with van der Waals surface area (Å²) in [6.07, 6.45) is -3.29. The number of para-hydroxylation sites is 2. The van der Waals surface area contributed by atoms with Gasteiger partial charge < -0.3 is 115 Å². The monoisotopic (exact) mass is 2280 g/mol. The number of aromatic nitrogens is 9. The number of carbonyl (C=O) groups is 4. The number of ether oxygens (including phenoxy) is 4. The summed E-state index contributed by atoms with van der Waals surface area (Å²) < 4.78 is 134. The fourth-order valence-electron chi connectivity index (χ4n) is 14.3. The molecule has 19 rings (SSSR count). The van der Waals surface area contributed by atoms with Crippen LogP contribution in [0.5, 0.6) is 11.5 Å². The van der Waals surface area contributed by atoms with E-state index in [1.807, 2.05) is 146 Å². The fraction of sp³-hybridized carbons (Fsp3) is 0.283. The summed E-state index contributed by atoms with van der Waals surface area (Å²) in [6, 6.07) is 45.3. The first-order valence-corrected chi connectivity index (χ1v) is 51.4. The van der Waals surface area contributed by atoms with E-state index < -0.39 is 68.4 Å². The molecule has 0 aliphatic carbocycles. The van der Waals surface area contributed by atoms with Crippen LogP contribution in [-0.4, -0.2) is 154 Å². The number of nitrogen functional groups attached to an aromatic ring is 9. The van der Waals surface area contributed by atoms with Crippen molar-refractivity contribution < 1.29 is 97.5 Å². The number of halogens is 8. The number of thiazole rings is 5. The van der Waals surface area contributed by atoms with Crippen LogP contribution in [-0.2, 0) is 37.4 Å². The van der Waals surface area contributed by atoms with Crippen LogP contribution < -0.4 is 77.6 Å². The average molecular weight is 2280 g/mol. The molecule has 22 N–H and O–H groups in total. The molecule has 3 saturated heterocycles. The summed E-state index contributed by atoms with van der Waals surface area (Å²) in [7, 11) is -1.29. The molecule has 0 spiro atoms. The predicted molar refractivity (Wildman–Crippen MR) is 589 cm³/mol. The molecule has 2 atom stereocenters. The van der Waals surface area contributed by atoms with Crippen molar-refractivity contribution >= 4 is 239 Å². The lowest BCUT2D eigenvalue weighted by atomic mass is 9.49. The van der Waals surface area contributed by atoms with E-state index in [1.165, 1.54) is 112 Å². The van der Waals surface area contributed by atoms with Crippen LogP contribution in [0.4, 0.5) is 75.3 Å². The van der Waals surface area contributed by atoms with E-state index in [0.29, 0.717) is 53.4 Å². The Morgan fingerprint density at radius 1 is 0.393 bits per heavy atom. The number of esters is 2. The highest BCUT2D eigenvalue weighted by molar-refractivity contribution is 9.10. The number of carbonyl (C=O) groups excluding carboxylic acids is 3. The first-order chi connectivity index (χ1) is 70.2. The summed E-state index contributed by atoms with van der Waals surface area (Å²) in [5.41, 5.74) is 65.6. The van der Waals surface area contributed by atoms with Gasteiger partial charge in [-0.25, -0.2) is 59.2 Å². The summed E-state index contributed by atoms with van der Waals surface area (Å²) in [5, 5.41) is 14.4. The van der Waals surface area contributed by atoms with E-state index in [2.05, 4.69) is 119 Å². The molecule has 2 unspecified atom stereocenters. The maximum absolute atomic E-state index is 12.9. The van der Waals surface area contributed by atoms with E-state index in [-0.39, 0.29) is 104 Å². The molecule has 0 saturated carbocycles. The number of fused-ring (bicyclic) bond motifs is 5. The van der Waals surface area contributed by atoms with E-state index in [0.717, 1.165) is 83.3 Å². The first kappa shape index (κ1) is 115. The molecule has 51 heteroatoms. The van der Waals surface area contributed by atoms with Crippen molar-refractivity contribution in [1.82, 2.24) is 50.2 Å². The van der Waals surface area contributed by atoms with Gasteiger partial charge in [0.25, 0.3) is 5.91 Å². The molecular formula is C99H107B3Br2F6N20O15S5. The van der Waals surface area contributed by atoms with Crippen LogP contribution in [0, 0.1) is 0 Å². The Morgan fingerprint density at radius 3 is 1.09 bits per heavy atom. The van der Waals surface area contributed by atoms with Gasteiger partial charge in [-0.2, -0.15) is 0 Å². The van der Waals surface area contributed by atoms with Gasteiger partial charge in [0.1, 0.15) is 51.5 Å². The van der Waals surface area contributed by atoms with E-state index >= 15 is 0 Å². The number of carboxylic acids is 1. The van der Waals surface area contributed by atoms with Crippen LogP contribution >= 0.6 is 88.5 Å². The van der Waals surface area contributed by atoms with Crippen LogP contribution in [0.3, 0.4) is 0 Å². The molecular weight excluding hydrogens is 2180 g/mol. The molecule has 150 heavy (non-hydrogen) atoms. The summed E-state index contributed by atoms with van der Waals surface area (Å²) >= 11 is 13.7. The zero-order valence-corrected chi connectivity index (χ0v) is 91.0. The van der Waals surface area contributed by atoms with Gasteiger partial charge >= 0.3 is 51.8 Å². The van der Waals surface area contributed by atoms with Gasteiger partial charge in [-0.3, -0.25) is 4.79 Å². The fourth-order valence-corrected chi connectivity index (χ4v) is 19.0. The maximum Gasteiger partial charge on any atom is 0.573 e. The molecule has 7 aromatic carbocycles. The molecule has 3 fully saturated rings. The lowest BCUT2D eigenvalue weighted by Crippen LogP contribution is -2.41. The minimum absolute atomic E-state index is 0.00404. The molecule has 3 aliphatic heterocycles. The third kappa shape index (κ3) is 29.3. The smallest absolute Gasteiger partial charge is 0.478 e. The van der Waals surface area contributed by atoms with Crippen molar-refractivity contribution in [3.05, 3.63) is 231 Å². The van der Waals surface area contributed by atoms with Crippen molar-refractivity contribution in [3.8, 4) is 44.9 Å². The lowest BCUT2D eigenvalue weighted by Gasteiger charge is -2.32. The Morgan fingerprint density at radius 2 is 0.707 bits per heavy atom. The Labute approximate surface area is 895 Å². The second-order valence-electron chi connectivity index (χ2n) is 36.4. The predicted octanol–water partition coefficient (Wildman–Crippen LogP) is 21.1. The number of alkyl halides is 6. The highest BCUT2D eigenvalue weighted by atomic mass is 79.9. The summed E-state index contributed by atoms with van der Waals surface area (Å²) in [4.78, 5) is 84.1. The average Bonchev–Trinajstić information content (AvgIpc) is 1.59. The Hall–Kier alpha value is -13.3. The molecule has 1 amide bonds. The van der Waals surface area contributed by atoms with Crippen molar-refractivity contribution in [3.63, 3.8) is 0 Å². The SMILES string of the molecule is CC(N)c1ccccc1OC(F)(F)F.CC(NC(=O)c1cc(-c2ccc3nc(N)sc3c2)cnc1N)c1ccccc1OC(F)(F)F.CC1(C)OB(B2OC(C)(C)C(C)(C)O2)OC1(C)C.CC1(C)OB(c2ccc3nc(N)sc3c2)OC1(C)C.CCOC(=O)c1cc(-c2ccc3nc(N)sc3c2)cnc1N.CCOC(=O)c1cc(Br)cnc1N.Nc1nc2ccc(-c3cnc(N)c(C(=O)O)c3)cc2s1.Nc1nc2ccc(Br)cc2s1. The van der Waals surface area contributed by atoms with Crippen LogP contribution in [0.1, 0.15) is 175 Å². The Kier molecular flexibility index (Phi) is 36.6. The minimum Gasteiger partial charge on any atom is -0.478 e. The molecule has 12 heterocycles. The Bertz CT molecular complexity index is 7520. The number of nitrogens with two attached hydrogens (primary N) is 10. The van der Waals surface area contributed by atoms with Crippen LogP contribution in [0.15, 0.2) is 198 Å². The minimum atomic E-state index is -4.85. The van der Waals surface area contributed by atoms with Gasteiger partial charge in [-0.15, -0.1) is 26.3 Å². The molecule has 9 aromatic heterocycles. The summed E-state index contributed by atoms with van der Waals surface area (Å²) in [5.74, 6) is -2.90. The highest BCUT2D eigenvalue weighted by Gasteiger charge is 2.64. The zero-order valence-electron chi connectivity index (χ0n) is 83.7. The molecule has 788 valence electrons. The molecule has 35 nitrogen and oxygen atoms in total. The number of carboxylic acid groups (broad SMARTS) is 1. The van der Waals surface area contributed by atoms with Gasteiger partial charge in [0.05, 0.1) is 110 Å². The Balaban J connectivity index is 0.000000155. The zero-order chi connectivity index (χ0) is 110. The largest absolute Gasteiger partial charge is 0.573 e. The number of amides is 1. The molecule has 0 bridgehead atoms. The lowest BCUT2D eigenvalue weighted by molar-refractivity contribution is -0.276. The number of anilines is 9. The molecule has 0 radical (unpaired) electrons. The number of hydrogen-bond donors (Lipinski definition) is 12. The van der Waals surface area contributed by atoms with Crippen molar-refractivity contribution in [2.75, 3.05) is 64.8 Å². The normalized spacial score (nSPS) is 15.2. The van der Waals surface area contributed by atoms with Crippen molar-refractivity contribution in [1.29, 1.82) is 0 Å². The topological polar surface area (TPSA) is 569 Å². The number of aromatic carboxylic acids is 1. The van der Waals surface area contributed by atoms with Gasteiger partial charge in [-0.1, -0.05) is 133 Å². The third-order valence-corrected chi connectivity index (χ3v) is 29.2. The van der Waals surface area contributed by atoms with Gasteiger partial charge in [-0.05, 0) is 252 Å². The van der Waals surface area contributed by atoms with Gasteiger partial charge in [0, 0.05) is 67.6 Å². The van der Waals surface area contributed by atoms with Crippen molar-refractivity contribution in [2.45, 2.75) is 169 Å². The van der Waals surface area contributed by atoms with E-state index in [4.69, 9.17) is 99.8 Å². The first-order valence-electron chi connectivity index (χ1n) is 45.7. The quantitative estimate of drug-likeness (QED) is 0.0243.